The second-order valence-corrected chi connectivity index (χ2v) is 3.82. The number of aromatic amines is 1. The molecule has 1 aliphatic heterocycles. The Kier molecular flexibility index (Phi) is 2.36. The molecule has 0 saturated heterocycles. The van der Waals surface area contributed by atoms with Gasteiger partial charge in [-0.05, 0) is 32.9 Å². The maximum Gasteiger partial charge on any atom is 0.0667 e. The molecular formula is C10H17N3. The maximum absolute atomic E-state index is 4.34. The molecule has 0 atom stereocenters. The first kappa shape index (κ1) is 8.75. The van der Waals surface area contributed by atoms with Gasteiger partial charge in [-0.25, -0.2) is 0 Å². The molecule has 1 aromatic heterocycles. The van der Waals surface area contributed by atoms with Gasteiger partial charge in [0.15, 0.2) is 0 Å². The summed E-state index contributed by atoms with van der Waals surface area (Å²) in [5.74, 6) is 0. The molecule has 0 aliphatic carbocycles. The summed E-state index contributed by atoms with van der Waals surface area (Å²) in [4.78, 5) is 2.38. The van der Waals surface area contributed by atoms with Gasteiger partial charge in [0.25, 0.3) is 0 Å². The Labute approximate surface area is 79.1 Å². The first-order valence-electron chi connectivity index (χ1n) is 5.04. The van der Waals surface area contributed by atoms with Crippen LogP contribution in [0.4, 0.5) is 0 Å². The zero-order valence-electron chi connectivity index (χ0n) is 8.43. The van der Waals surface area contributed by atoms with E-state index >= 15 is 0 Å². The molecule has 1 aliphatic rings. The number of aromatic nitrogens is 2. The predicted octanol–water partition coefficient (Wildman–Crippen LogP) is 1.35. The average Bonchev–Trinajstić information content (AvgIpc) is 2.39. The number of fused-ring (bicyclic) bond motifs is 1. The van der Waals surface area contributed by atoms with Gasteiger partial charge in [-0.2, -0.15) is 5.10 Å². The van der Waals surface area contributed by atoms with Crippen molar-refractivity contribution in [2.75, 3.05) is 13.6 Å². The van der Waals surface area contributed by atoms with E-state index in [1.165, 1.54) is 29.9 Å². The Morgan fingerprint density at radius 2 is 2.38 bits per heavy atom. The lowest BCUT2D eigenvalue weighted by atomic mass is 10.1. The molecule has 3 nitrogen and oxygen atoms in total. The third kappa shape index (κ3) is 1.61. The van der Waals surface area contributed by atoms with E-state index in [9.17, 15) is 0 Å². The summed E-state index contributed by atoms with van der Waals surface area (Å²) in [7, 11) is 2.18. The largest absolute Gasteiger partial charge is 0.302 e. The van der Waals surface area contributed by atoms with Crippen molar-refractivity contribution in [3.8, 4) is 0 Å². The molecule has 0 spiro atoms. The zero-order valence-corrected chi connectivity index (χ0v) is 8.43. The van der Waals surface area contributed by atoms with Gasteiger partial charge in [0.1, 0.15) is 0 Å². The molecule has 0 aromatic carbocycles. The van der Waals surface area contributed by atoms with E-state index < -0.39 is 0 Å². The fourth-order valence-corrected chi connectivity index (χ4v) is 2.00. The lowest BCUT2D eigenvalue weighted by Gasteiger charge is -2.12. The summed E-state index contributed by atoms with van der Waals surface area (Å²) >= 11 is 0. The molecule has 1 aromatic rings. The molecule has 2 rings (SSSR count). The molecule has 0 radical (unpaired) electrons. The minimum Gasteiger partial charge on any atom is -0.302 e. The van der Waals surface area contributed by atoms with E-state index in [-0.39, 0.29) is 0 Å². The van der Waals surface area contributed by atoms with Crippen molar-refractivity contribution in [3.05, 3.63) is 17.0 Å². The van der Waals surface area contributed by atoms with Gasteiger partial charge < -0.3 is 4.90 Å². The summed E-state index contributed by atoms with van der Waals surface area (Å²) in [5, 5.41) is 7.50. The molecule has 0 fully saturated rings. The first-order chi connectivity index (χ1) is 6.31. The molecular weight excluding hydrogens is 162 g/mol. The lowest BCUT2D eigenvalue weighted by Crippen LogP contribution is -2.17. The highest BCUT2D eigenvalue weighted by atomic mass is 15.2. The number of H-pyrrole nitrogens is 1. The third-order valence-corrected chi connectivity index (χ3v) is 2.77. The van der Waals surface area contributed by atoms with Gasteiger partial charge in [0.05, 0.1) is 5.69 Å². The highest BCUT2D eigenvalue weighted by molar-refractivity contribution is 5.26. The summed E-state index contributed by atoms with van der Waals surface area (Å²) < 4.78 is 0. The van der Waals surface area contributed by atoms with E-state index in [0.29, 0.717) is 0 Å². The van der Waals surface area contributed by atoms with Crippen molar-refractivity contribution < 1.29 is 0 Å². The van der Waals surface area contributed by atoms with Crippen LogP contribution >= 0.6 is 0 Å². The maximum atomic E-state index is 4.34. The van der Waals surface area contributed by atoms with Crippen molar-refractivity contribution in [3.63, 3.8) is 0 Å². The third-order valence-electron chi connectivity index (χ3n) is 2.77. The number of aryl methyl sites for hydroxylation is 2. The fourth-order valence-electron chi connectivity index (χ4n) is 2.00. The standard InChI is InChI=1S/C10H17N3/c1-3-9-8-7-13(2)6-4-5-10(8)12-11-9/h3-7H2,1-2H3,(H,11,12). The van der Waals surface area contributed by atoms with Crippen LogP contribution in [0.1, 0.15) is 30.3 Å². The molecule has 3 heteroatoms. The van der Waals surface area contributed by atoms with Crippen LogP contribution in [-0.4, -0.2) is 28.7 Å². The van der Waals surface area contributed by atoms with Crippen molar-refractivity contribution in [1.82, 2.24) is 15.1 Å². The van der Waals surface area contributed by atoms with Crippen molar-refractivity contribution in [1.29, 1.82) is 0 Å². The molecule has 13 heavy (non-hydrogen) atoms. The Morgan fingerprint density at radius 3 is 3.15 bits per heavy atom. The van der Waals surface area contributed by atoms with Crippen LogP contribution in [0, 0.1) is 0 Å². The van der Waals surface area contributed by atoms with E-state index in [4.69, 9.17) is 0 Å². The highest BCUT2D eigenvalue weighted by Crippen LogP contribution is 2.19. The summed E-state index contributed by atoms with van der Waals surface area (Å²) in [5.41, 5.74) is 4.06. The number of hydrogen-bond acceptors (Lipinski definition) is 2. The Balaban J connectivity index is 2.32. The fraction of sp³-hybridized carbons (Fsp3) is 0.700. The van der Waals surface area contributed by atoms with Gasteiger partial charge >= 0.3 is 0 Å². The normalized spacial score (nSPS) is 18.3. The Bertz CT molecular complexity index is 290. The minimum absolute atomic E-state index is 1.04. The minimum atomic E-state index is 1.04. The molecule has 0 bridgehead atoms. The van der Waals surface area contributed by atoms with Gasteiger partial charge in [0.2, 0.25) is 0 Å². The molecule has 72 valence electrons. The van der Waals surface area contributed by atoms with Crippen molar-refractivity contribution in [2.45, 2.75) is 32.7 Å². The molecule has 0 saturated carbocycles. The van der Waals surface area contributed by atoms with Crippen LogP contribution in [-0.2, 0) is 19.4 Å². The topological polar surface area (TPSA) is 31.9 Å². The second-order valence-electron chi connectivity index (χ2n) is 3.82. The molecule has 2 heterocycles. The average molecular weight is 179 g/mol. The van der Waals surface area contributed by atoms with Crippen molar-refractivity contribution in [2.24, 2.45) is 0 Å². The number of hydrogen-bond donors (Lipinski definition) is 1. The van der Waals surface area contributed by atoms with Crippen LogP contribution in [0.15, 0.2) is 0 Å². The van der Waals surface area contributed by atoms with Gasteiger partial charge in [-0.15, -0.1) is 0 Å². The van der Waals surface area contributed by atoms with Gasteiger partial charge in [-0.1, -0.05) is 6.92 Å². The smallest absolute Gasteiger partial charge is 0.0667 e. The SMILES string of the molecule is CCc1n[nH]c2c1CN(C)CCC2. The van der Waals surface area contributed by atoms with Crippen LogP contribution in [0.2, 0.25) is 0 Å². The van der Waals surface area contributed by atoms with Crippen LogP contribution in [0.5, 0.6) is 0 Å². The van der Waals surface area contributed by atoms with E-state index in [2.05, 4.69) is 29.1 Å². The molecule has 1 N–H and O–H groups in total. The number of nitrogens with one attached hydrogen (secondary N) is 1. The van der Waals surface area contributed by atoms with E-state index in [1.54, 1.807) is 0 Å². The summed E-state index contributed by atoms with van der Waals surface area (Å²) in [6, 6.07) is 0. The van der Waals surface area contributed by atoms with Crippen LogP contribution in [0.3, 0.4) is 0 Å². The summed E-state index contributed by atoms with van der Waals surface area (Å²) in [6.07, 6.45) is 3.45. The quantitative estimate of drug-likeness (QED) is 0.705. The lowest BCUT2D eigenvalue weighted by molar-refractivity contribution is 0.331. The summed E-state index contributed by atoms with van der Waals surface area (Å²) in [6.45, 7) is 4.43. The van der Waals surface area contributed by atoms with E-state index in [0.717, 1.165) is 19.4 Å². The monoisotopic (exact) mass is 179 g/mol. The number of rotatable bonds is 1. The van der Waals surface area contributed by atoms with Gasteiger partial charge in [0, 0.05) is 17.8 Å². The van der Waals surface area contributed by atoms with Crippen LogP contribution in [0.25, 0.3) is 0 Å². The Hall–Kier alpha value is -0.830. The van der Waals surface area contributed by atoms with Gasteiger partial charge in [-0.3, -0.25) is 5.10 Å². The van der Waals surface area contributed by atoms with E-state index in [1.807, 2.05) is 0 Å². The predicted molar refractivity (Wildman–Crippen MR) is 52.6 cm³/mol. The highest BCUT2D eigenvalue weighted by Gasteiger charge is 2.16. The number of nitrogens with zero attached hydrogens (tertiary/aromatic N) is 2. The van der Waals surface area contributed by atoms with Crippen LogP contribution < -0.4 is 0 Å². The molecule has 0 amide bonds. The molecule has 0 unspecified atom stereocenters. The zero-order chi connectivity index (χ0) is 9.26. The first-order valence-corrected chi connectivity index (χ1v) is 5.04. The van der Waals surface area contributed by atoms with Crippen molar-refractivity contribution >= 4 is 0 Å². The second kappa shape index (κ2) is 3.50. The Morgan fingerprint density at radius 1 is 1.54 bits per heavy atom.